The largest absolute Gasteiger partial charge is 0.493 e. The molecule has 2 aromatic heterocycles. The Morgan fingerprint density at radius 3 is 2.21 bits per heavy atom. The third kappa shape index (κ3) is 4.94. The van der Waals surface area contributed by atoms with Crippen LogP contribution in [0.15, 0.2) is 30.3 Å². The van der Waals surface area contributed by atoms with E-state index in [9.17, 15) is 4.79 Å². The van der Waals surface area contributed by atoms with Crippen LogP contribution in [0.3, 0.4) is 0 Å². The highest BCUT2D eigenvalue weighted by Crippen LogP contribution is 2.17. The van der Waals surface area contributed by atoms with Crippen LogP contribution in [0, 0.1) is 34.6 Å². The molecular formula is C21H25N5O2. The average Bonchev–Trinajstić information content (AvgIpc) is 2.93. The van der Waals surface area contributed by atoms with Gasteiger partial charge in [0.15, 0.2) is 0 Å². The van der Waals surface area contributed by atoms with Crippen molar-refractivity contribution in [2.75, 3.05) is 11.9 Å². The Kier molecular flexibility index (Phi) is 5.73. The van der Waals surface area contributed by atoms with Crippen LogP contribution in [0.5, 0.6) is 5.75 Å². The quantitative estimate of drug-likeness (QED) is 0.707. The Hall–Kier alpha value is -3.22. The van der Waals surface area contributed by atoms with E-state index in [4.69, 9.17) is 4.74 Å². The van der Waals surface area contributed by atoms with Crippen molar-refractivity contribution in [2.45, 2.75) is 41.0 Å². The van der Waals surface area contributed by atoms with Crippen molar-refractivity contribution in [1.29, 1.82) is 0 Å². The molecule has 1 N–H and O–H groups in total. The third-order valence-electron chi connectivity index (χ3n) is 4.05. The van der Waals surface area contributed by atoms with E-state index in [1.54, 1.807) is 10.7 Å². The first-order valence-corrected chi connectivity index (χ1v) is 9.20. The minimum absolute atomic E-state index is 0.157. The lowest BCUT2D eigenvalue weighted by Gasteiger charge is -2.10. The molecule has 0 radical (unpaired) electrons. The summed E-state index contributed by atoms with van der Waals surface area (Å²) in [5.41, 5.74) is 4.72. The highest BCUT2D eigenvalue weighted by molar-refractivity contribution is 5.90. The van der Waals surface area contributed by atoms with E-state index in [2.05, 4.69) is 26.4 Å². The number of hydrogen-bond acceptors (Lipinski definition) is 5. The van der Waals surface area contributed by atoms with Gasteiger partial charge in [0.1, 0.15) is 11.6 Å². The summed E-state index contributed by atoms with van der Waals surface area (Å²) >= 11 is 0. The summed E-state index contributed by atoms with van der Waals surface area (Å²) in [6, 6.07) is 9.69. The standard InChI is InChI=1S/C21H25N5O2/c1-13-8-14(2)10-18(9-13)28-7-6-20(27)24-19-12-17(5)25-26(19)21-22-15(3)11-16(4)23-21/h8-12H,6-7H2,1-5H3,(H,24,27). The van der Waals surface area contributed by atoms with Crippen molar-refractivity contribution in [3.8, 4) is 11.7 Å². The molecule has 0 aliphatic heterocycles. The van der Waals surface area contributed by atoms with Gasteiger partial charge in [0.25, 0.3) is 5.95 Å². The lowest BCUT2D eigenvalue weighted by atomic mass is 10.1. The Balaban J connectivity index is 1.66. The maximum atomic E-state index is 12.4. The van der Waals surface area contributed by atoms with Gasteiger partial charge < -0.3 is 10.1 Å². The normalized spacial score (nSPS) is 10.8. The van der Waals surface area contributed by atoms with Gasteiger partial charge in [-0.1, -0.05) is 6.07 Å². The number of rotatable bonds is 6. The predicted octanol–water partition coefficient (Wildman–Crippen LogP) is 3.61. The molecule has 7 heteroatoms. The summed E-state index contributed by atoms with van der Waals surface area (Å²) in [5.74, 6) is 1.59. The van der Waals surface area contributed by atoms with Gasteiger partial charge in [-0.15, -0.1) is 0 Å². The van der Waals surface area contributed by atoms with E-state index in [1.807, 2.05) is 52.8 Å². The lowest BCUT2D eigenvalue weighted by molar-refractivity contribution is -0.116. The molecule has 1 amide bonds. The zero-order chi connectivity index (χ0) is 20.3. The maximum absolute atomic E-state index is 12.4. The number of hydrogen-bond donors (Lipinski definition) is 1. The molecule has 146 valence electrons. The lowest BCUT2D eigenvalue weighted by Crippen LogP contribution is -2.18. The summed E-state index contributed by atoms with van der Waals surface area (Å²) in [4.78, 5) is 21.2. The van der Waals surface area contributed by atoms with E-state index in [1.165, 1.54) is 0 Å². The summed E-state index contributed by atoms with van der Waals surface area (Å²) in [6.07, 6.45) is 0.227. The Morgan fingerprint density at radius 1 is 0.929 bits per heavy atom. The molecule has 0 unspecified atom stereocenters. The Labute approximate surface area is 164 Å². The van der Waals surface area contributed by atoms with Crippen molar-refractivity contribution >= 4 is 11.7 Å². The zero-order valence-electron chi connectivity index (χ0n) is 16.9. The van der Waals surface area contributed by atoms with E-state index in [0.717, 1.165) is 34.0 Å². The summed E-state index contributed by atoms with van der Waals surface area (Å²) in [6.45, 7) is 9.99. The van der Waals surface area contributed by atoms with Gasteiger partial charge in [0.05, 0.1) is 18.7 Å². The van der Waals surface area contributed by atoms with Crippen LogP contribution < -0.4 is 10.1 Å². The second kappa shape index (κ2) is 8.21. The smallest absolute Gasteiger partial charge is 0.252 e. The number of aryl methyl sites for hydroxylation is 5. The first-order chi connectivity index (χ1) is 13.3. The first kappa shape index (κ1) is 19.5. The van der Waals surface area contributed by atoms with Crippen LogP contribution in [0.1, 0.15) is 34.6 Å². The molecule has 0 bridgehead atoms. The molecule has 0 saturated heterocycles. The van der Waals surface area contributed by atoms with Crippen molar-refractivity contribution in [2.24, 2.45) is 0 Å². The van der Waals surface area contributed by atoms with Crippen LogP contribution in [0.2, 0.25) is 0 Å². The summed E-state index contributed by atoms with van der Waals surface area (Å²) < 4.78 is 7.27. The molecule has 28 heavy (non-hydrogen) atoms. The number of amides is 1. The van der Waals surface area contributed by atoms with Gasteiger partial charge in [-0.2, -0.15) is 9.78 Å². The molecule has 0 atom stereocenters. The minimum atomic E-state index is -0.157. The van der Waals surface area contributed by atoms with Gasteiger partial charge in [0.2, 0.25) is 5.91 Å². The maximum Gasteiger partial charge on any atom is 0.252 e. The number of aromatic nitrogens is 4. The monoisotopic (exact) mass is 379 g/mol. The zero-order valence-corrected chi connectivity index (χ0v) is 16.9. The van der Waals surface area contributed by atoms with Crippen LogP contribution in [-0.4, -0.2) is 32.3 Å². The SMILES string of the molecule is Cc1cc(C)cc(OCCC(=O)Nc2cc(C)nn2-c2nc(C)cc(C)n2)c1. The molecule has 7 nitrogen and oxygen atoms in total. The van der Waals surface area contributed by atoms with E-state index < -0.39 is 0 Å². The topological polar surface area (TPSA) is 81.9 Å². The number of ether oxygens (including phenoxy) is 1. The molecule has 0 fully saturated rings. The first-order valence-electron chi connectivity index (χ1n) is 9.20. The van der Waals surface area contributed by atoms with Gasteiger partial charge in [-0.25, -0.2) is 9.97 Å². The van der Waals surface area contributed by atoms with E-state index in [-0.39, 0.29) is 12.3 Å². The van der Waals surface area contributed by atoms with E-state index >= 15 is 0 Å². The fourth-order valence-electron chi connectivity index (χ4n) is 3.03. The Morgan fingerprint density at radius 2 is 1.57 bits per heavy atom. The van der Waals surface area contributed by atoms with Crippen LogP contribution in [0.4, 0.5) is 5.82 Å². The molecular weight excluding hydrogens is 354 g/mol. The second-order valence-corrected chi connectivity index (χ2v) is 7.00. The van der Waals surface area contributed by atoms with Gasteiger partial charge >= 0.3 is 0 Å². The minimum Gasteiger partial charge on any atom is -0.493 e. The van der Waals surface area contributed by atoms with Gasteiger partial charge in [-0.3, -0.25) is 4.79 Å². The highest BCUT2D eigenvalue weighted by atomic mass is 16.5. The molecule has 2 heterocycles. The van der Waals surface area contributed by atoms with Crippen molar-refractivity contribution in [3.63, 3.8) is 0 Å². The fourth-order valence-corrected chi connectivity index (χ4v) is 3.03. The van der Waals surface area contributed by atoms with Gasteiger partial charge in [-0.05, 0) is 63.9 Å². The number of nitrogens with zero attached hydrogens (tertiary/aromatic N) is 4. The number of nitrogens with one attached hydrogen (secondary N) is 1. The average molecular weight is 379 g/mol. The highest BCUT2D eigenvalue weighted by Gasteiger charge is 2.14. The number of benzene rings is 1. The number of carbonyl (C=O) groups excluding carboxylic acids is 1. The van der Waals surface area contributed by atoms with Crippen molar-refractivity contribution < 1.29 is 9.53 Å². The van der Waals surface area contributed by atoms with Crippen LogP contribution in [-0.2, 0) is 4.79 Å². The molecule has 3 aromatic rings. The van der Waals surface area contributed by atoms with Crippen molar-refractivity contribution in [1.82, 2.24) is 19.7 Å². The van der Waals surface area contributed by atoms with E-state index in [0.29, 0.717) is 18.4 Å². The van der Waals surface area contributed by atoms with Crippen LogP contribution >= 0.6 is 0 Å². The molecule has 0 aliphatic rings. The predicted molar refractivity (Wildman–Crippen MR) is 108 cm³/mol. The molecule has 0 spiro atoms. The number of anilines is 1. The summed E-state index contributed by atoms with van der Waals surface area (Å²) in [7, 11) is 0. The molecule has 3 rings (SSSR count). The molecule has 1 aromatic carbocycles. The van der Waals surface area contributed by atoms with Crippen molar-refractivity contribution in [3.05, 3.63) is 58.5 Å². The third-order valence-corrected chi connectivity index (χ3v) is 4.05. The fraction of sp³-hybridized carbons (Fsp3) is 0.333. The molecule has 0 aliphatic carbocycles. The summed E-state index contributed by atoms with van der Waals surface area (Å²) in [5, 5.41) is 7.29. The van der Waals surface area contributed by atoms with Gasteiger partial charge in [0, 0.05) is 17.5 Å². The Bertz CT molecular complexity index is 970. The number of carbonyl (C=O) groups is 1. The van der Waals surface area contributed by atoms with Crippen LogP contribution in [0.25, 0.3) is 5.95 Å². The molecule has 0 saturated carbocycles. The second-order valence-electron chi connectivity index (χ2n) is 7.00.